The Labute approximate surface area is 214 Å². The first-order chi connectivity index (χ1) is 17.7. The van der Waals surface area contributed by atoms with Gasteiger partial charge in [-0.2, -0.15) is 13.2 Å². The largest absolute Gasteiger partial charge is 0.433 e. The predicted molar refractivity (Wildman–Crippen MR) is 133 cm³/mol. The molecule has 198 valence electrons. The highest BCUT2D eigenvalue weighted by Gasteiger charge is 2.36. The molecule has 4 heterocycles. The molecule has 0 aromatic carbocycles. The van der Waals surface area contributed by atoms with Crippen molar-refractivity contribution < 1.29 is 22.7 Å². The third kappa shape index (κ3) is 5.30. The summed E-state index contributed by atoms with van der Waals surface area (Å²) in [4.78, 5) is 23.4. The number of carbonyl (C=O) groups is 1. The molecule has 2 aromatic heterocycles. The number of nitrogens with zero attached hydrogens (tertiary/aromatic N) is 3. The van der Waals surface area contributed by atoms with Crippen molar-refractivity contribution in [1.82, 2.24) is 20.6 Å². The van der Waals surface area contributed by atoms with E-state index < -0.39 is 17.8 Å². The highest BCUT2D eigenvalue weighted by atomic mass is 19.4. The molecule has 4 atom stereocenters. The van der Waals surface area contributed by atoms with E-state index in [1.165, 1.54) is 11.6 Å². The van der Waals surface area contributed by atoms with Crippen molar-refractivity contribution in [2.24, 2.45) is 5.92 Å². The average molecular weight is 516 g/mol. The van der Waals surface area contributed by atoms with Crippen LogP contribution in [0.4, 0.5) is 18.9 Å². The van der Waals surface area contributed by atoms with Gasteiger partial charge in [-0.05, 0) is 66.6 Å². The van der Waals surface area contributed by atoms with Crippen LogP contribution in [0.1, 0.15) is 59.4 Å². The van der Waals surface area contributed by atoms with Gasteiger partial charge in [0.2, 0.25) is 0 Å². The van der Waals surface area contributed by atoms with Gasteiger partial charge in [-0.15, -0.1) is 0 Å². The molecule has 37 heavy (non-hydrogen) atoms. The lowest BCUT2D eigenvalue weighted by Crippen LogP contribution is -2.50. The molecule has 0 radical (unpaired) electrons. The zero-order chi connectivity index (χ0) is 26.2. The van der Waals surface area contributed by atoms with Crippen LogP contribution in [0.3, 0.4) is 0 Å². The van der Waals surface area contributed by atoms with E-state index >= 15 is 0 Å². The van der Waals surface area contributed by atoms with Crippen molar-refractivity contribution in [2.75, 3.05) is 31.7 Å². The van der Waals surface area contributed by atoms with E-state index in [9.17, 15) is 18.0 Å². The number of morpholine rings is 1. The van der Waals surface area contributed by atoms with Crippen LogP contribution in [0.5, 0.6) is 0 Å². The number of nitrogens with one attached hydrogen (secondary N) is 2. The molecular formula is C27H32F3N5O2. The summed E-state index contributed by atoms with van der Waals surface area (Å²) in [6.45, 7) is 4.34. The standard InChI is InChI=1S/C27H32F3N5O2/c1-16-3-4-20(34-26(36)17-5-6-32-25(11-17)27(28,29)30)12-21(16)18-10-23-22(33-14-18)9-19(13-31-2)24-15-37-8-7-35(23)24/h5-6,10-11,13-14,16,20-21,24,31H,3-4,7-9,12,15H2,1-2H3,(H,34,36)/b19-13-/t16?,20?,21?,24-/m0/s1. The minimum Gasteiger partial charge on any atom is -0.394 e. The summed E-state index contributed by atoms with van der Waals surface area (Å²) >= 11 is 0. The molecule has 1 saturated carbocycles. The van der Waals surface area contributed by atoms with E-state index in [4.69, 9.17) is 9.72 Å². The van der Waals surface area contributed by atoms with Gasteiger partial charge in [0.1, 0.15) is 5.69 Å². The maximum atomic E-state index is 13.0. The molecular weight excluding hydrogens is 483 g/mol. The predicted octanol–water partition coefficient (Wildman–Crippen LogP) is 4.06. The van der Waals surface area contributed by atoms with Crippen LogP contribution < -0.4 is 15.5 Å². The van der Waals surface area contributed by atoms with Crippen LogP contribution in [-0.4, -0.2) is 54.8 Å². The molecule has 2 N–H and O–H groups in total. The molecule has 1 amide bonds. The fraction of sp³-hybridized carbons (Fsp3) is 0.519. The summed E-state index contributed by atoms with van der Waals surface area (Å²) in [5, 5.41) is 6.11. The normalized spacial score (nSPS) is 26.8. The number of rotatable bonds is 4. The molecule has 3 aliphatic rings. The monoisotopic (exact) mass is 515 g/mol. The van der Waals surface area contributed by atoms with Crippen LogP contribution >= 0.6 is 0 Å². The quantitative estimate of drug-likeness (QED) is 0.640. The van der Waals surface area contributed by atoms with Gasteiger partial charge < -0.3 is 20.3 Å². The summed E-state index contributed by atoms with van der Waals surface area (Å²) in [5.74, 6) is 0.0816. The number of anilines is 1. The molecule has 10 heteroatoms. The van der Waals surface area contributed by atoms with Gasteiger partial charge in [-0.25, -0.2) is 0 Å². The first-order valence-electron chi connectivity index (χ1n) is 12.8. The lowest BCUT2D eigenvalue weighted by Gasteiger charge is -2.43. The lowest BCUT2D eigenvalue weighted by molar-refractivity contribution is -0.141. The number of hydrogen-bond donors (Lipinski definition) is 2. The van der Waals surface area contributed by atoms with Crippen molar-refractivity contribution in [3.05, 3.63) is 64.9 Å². The van der Waals surface area contributed by atoms with E-state index in [1.54, 1.807) is 0 Å². The van der Waals surface area contributed by atoms with E-state index in [-0.39, 0.29) is 23.6 Å². The Hall–Kier alpha value is -3.14. The van der Waals surface area contributed by atoms with Gasteiger partial charge in [0, 0.05) is 44.0 Å². The highest BCUT2D eigenvalue weighted by molar-refractivity contribution is 5.94. The second-order valence-electron chi connectivity index (χ2n) is 10.2. The molecule has 3 unspecified atom stereocenters. The number of carbonyl (C=O) groups excluding carboxylic acids is 1. The van der Waals surface area contributed by atoms with E-state index in [0.29, 0.717) is 25.6 Å². The zero-order valence-corrected chi connectivity index (χ0v) is 21.0. The fourth-order valence-electron chi connectivity index (χ4n) is 5.84. The van der Waals surface area contributed by atoms with Gasteiger partial charge >= 0.3 is 6.18 Å². The lowest BCUT2D eigenvalue weighted by atomic mass is 9.74. The van der Waals surface area contributed by atoms with Crippen molar-refractivity contribution in [1.29, 1.82) is 0 Å². The first kappa shape index (κ1) is 25.5. The van der Waals surface area contributed by atoms with Crippen LogP contribution in [-0.2, 0) is 17.3 Å². The second-order valence-corrected chi connectivity index (χ2v) is 10.2. The summed E-state index contributed by atoms with van der Waals surface area (Å²) in [6.07, 6.45) is 3.60. The smallest absolute Gasteiger partial charge is 0.394 e. The van der Waals surface area contributed by atoms with Crippen LogP contribution in [0, 0.1) is 5.92 Å². The SMILES string of the molecule is CN/C=C1/Cc2ncc(C3CC(NC(=O)c4ccnc(C(F)(F)F)c4)CCC3C)cc2N2CCOC[C@@H]12. The van der Waals surface area contributed by atoms with E-state index in [2.05, 4.69) is 33.5 Å². The number of fused-ring (bicyclic) bond motifs is 3. The van der Waals surface area contributed by atoms with Gasteiger partial charge in [-0.1, -0.05) is 6.92 Å². The van der Waals surface area contributed by atoms with Crippen molar-refractivity contribution in [3.63, 3.8) is 0 Å². The maximum Gasteiger partial charge on any atom is 0.433 e. The van der Waals surface area contributed by atoms with Crippen molar-refractivity contribution >= 4 is 11.6 Å². The molecule has 2 fully saturated rings. The second kappa shape index (κ2) is 10.3. The topological polar surface area (TPSA) is 79.4 Å². The molecule has 5 rings (SSSR count). The molecule has 1 saturated heterocycles. The first-order valence-corrected chi connectivity index (χ1v) is 12.8. The maximum absolute atomic E-state index is 13.0. The minimum atomic E-state index is -4.59. The number of pyridine rings is 2. The Kier molecular flexibility index (Phi) is 7.11. The molecule has 0 bridgehead atoms. The zero-order valence-electron chi connectivity index (χ0n) is 21.0. The van der Waals surface area contributed by atoms with Crippen LogP contribution in [0.2, 0.25) is 0 Å². The molecule has 2 aliphatic heterocycles. The third-order valence-electron chi connectivity index (χ3n) is 7.81. The van der Waals surface area contributed by atoms with Crippen molar-refractivity contribution in [2.45, 2.75) is 56.8 Å². The number of alkyl halides is 3. The Balaban J connectivity index is 1.34. The van der Waals surface area contributed by atoms with Crippen LogP contribution in [0.25, 0.3) is 0 Å². The summed E-state index contributed by atoms with van der Waals surface area (Å²) in [7, 11) is 1.90. The van der Waals surface area contributed by atoms with Crippen LogP contribution in [0.15, 0.2) is 42.4 Å². The molecule has 2 aromatic rings. The Morgan fingerprint density at radius 1 is 1.24 bits per heavy atom. The summed E-state index contributed by atoms with van der Waals surface area (Å²) in [5.41, 5.74) is 3.50. The number of amides is 1. The number of hydrogen-bond acceptors (Lipinski definition) is 6. The Bertz CT molecular complexity index is 1180. The van der Waals surface area contributed by atoms with E-state index in [0.717, 1.165) is 55.0 Å². The number of ether oxygens (including phenoxy) is 1. The van der Waals surface area contributed by atoms with Crippen molar-refractivity contribution in [3.8, 4) is 0 Å². The Morgan fingerprint density at radius 3 is 2.86 bits per heavy atom. The minimum absolute atomic E-state index is 0.0308. The third-order valence-corrected chi connectivity index (χ3v) is 7.81. The summed E-state index contributed by atoms with van der Waals surface area (Å²) in [6, 6.07) is 4.43. The molecule has 1 aliphatic carbocycles. The summed E-state index contributed by atoms with van der Waals surface area (Å²) < 4.78 is 44.9. The molecule has 7 nitrogen and oxygen atoms in total. The van der Waals surface area contributed by atoms with Gasteiger partial charge in [0.05, 0.1) is 30.6 Å². The molecule has 0 spiro atoms. The Morgan fingerprint density at radius 2 is 2.08 bits per heavy atom. The fourth-order valence-corrected chi connectivity index (χ4v) is 5.84. The van der Waals surface area contributed by atoms with Gasteiger partial charge in [-0.3, -0.25) is 14.8 Å². The average Bonchev–Trinajstić information content (AvgIpc) is 2.89. The highest BCUT2D eigenvalue weighted by Crippen LogP contribution is 2.41. The van der Waals surface area contributed by atoms with Gasteiger partial charge in [0.15, 0.2) is 0 Å². The number of aromatic nitrogens is 2. The van der Waals surface area contributed by atoms with Gasteiger partial charge in [0.25, 0.3) is 5.91 Å². The van der Waals surface area contributed by atoms with E-state index in [1.807, 2.05) is 19.4 Å². The number of halogens is 3.